The number of esters is 1. The lowest BCUT2D eigenvalue weighted by Crippen LogP contribution is -2.53. The molecule has 3 rings (SSSR count). The molecule has 0 aromatic heterocycles. The van der Waals surface area contributed by atoms with Crippen molar-refractivity contribution in [2.24, 2.45) is 17.1 Å². The largest absolute Gasteiger partial charge is 0.467 e. The minimum absolute atomic E-state index is 0. The van der Waals surface area contributed by atoms with Crippen LogP contribution in [0.15, 0.2) is 18.2 Å². The first-order valence-corrected chi connectivity index (χ1v) is 10.3. The van der Waals surface area contributed by atoms with Gasteiger partial charge in [0.15, 0.2) is 0 Å². The Morgan fingerprint density at radius 1 is 1.26 bits per heavy atom. The van der Waals surface area contributed by atoms with Crippen LogP contribution >= 0.6 is 24.0 Å². The zero-order chi connectivity index (χ0) is 22.4. The molecule has 2 aliphatic heterocycles. The number of rotatable bonds is 3. The lowest BCUT2D eigenvalue weighted by atomic mass is 9.86. The van der Waals surface area contributed by atoms with E-state index in [-0.39, 0.29) is 43.7 Å². The third-order valence-corrected chi connectivity index (χ3v) is 6.47. The van der Waals surface area contributed by atoms with Gasteiger partial charge >= 0.3 is 12.1 Å². The number of nitrogens with two attached hydrogens (primary N) is 1. The molecule has 1 aromatic rings. The Hall–Kier alpha value is -2.03. The standard InChI is InChI=1S/C21H28ClN3O5.ClH/c1-21(2,3)17(23)18(26)24-9-11(8-15(24)19(27)30-4)16-12-6-5-7-14(22)13(12)10-25(16)20(28)29;/h5-7,11,15-17H,8-10,23H2,1-4H3,(H,28,29);1H/t11-,15+,16?,17?;/m1./s1. The number of carbonyl (C=O) groups is 3. The number of fused-ring (bicyclic) bond motifs is 1. The average molecular weight is 474 g/mol. The van der Waals surface area contributed by atoms with Crippen LogP contribution in [-0.4, -0.2) is 58.6 Å². The van der Waals surface area contributed by atoms with Crippen molar-refractivity contribution in [3.63, 3.8) is 0 Å². The van der Waals surface area contributed by atoms with Crippen LogP contribution in [-0.2, 0) is 20.9 Å². The van der Waals surface area contributed by atoms with E-state index in [1.54, 1.807) is 12.1 Å². The van der Waals surface area contributed by atoms with Gasteiger partial charge in [-0.1, -0.05) is 44.5 Å². The average Bonchev–Trinajstić information content (AvgIpc) is 3.28. The molecule has 2 unspecified atom stereocenters. The molecule has 0 spiro atoms. The second kappa shape index (κ2) is 9.22. The molecule has 0 aliphatic carbocycles. The number of hydrogen-bond donors (Lipinski definition) is 2. The molecule has 2 aliphatic rings. The molecule has 2 heterocycles. The van der Waals surface area contributed by atoms with Gasteiger partial charge in [-0.2, -0.15) is 0 Å². The minimum Gasteiger partial charge on any atom is -0.467 e. The van der Waals surface area contributed by atoms with Gasteiger partial charge in [0.2, 0.25) is 5.91 Å². The van der Waals surface area contributed by atoms with Crippen LogP contribution in [0.5, 0.6) is 0 Å². The molecule has 1 fully saturated rings. The van der Waals surface area contributed by atoms with E-state index in [1.807, 2.05) is 26.8 Å². The topological polar surface area (TPSA) is 113 Å². The van der Waals surface area contributed by atoms with E-state index < -0.39 is 35.6 Å². The van der Waals surface area contributed by atoms with Crippen LogP contribution in [0.2, 0.25) is 5.02 Å². The van der Waals surface area contributed by atoms with Gasteiger partial charge in [-0.15, -0.1) is 12.4 Å². The third kappa shape index (κ3) is 4.61. The van der Waals surface area contributed by atoms with Crippen LogP contribution in [0.25, 0.3) is 0 Å². The highest BCUT2D eigenvalue weighted by Crippen LogP contribution is 2.46. The highest BCUT2D eigenvalue weighted by molar-refractivity contribution is 6.31. The molecule has 0 bridgehead atoms. The Balaban J connectivity index is 0.00000341. The molecule has 8 nitrogen and oxygen atoms in total. The number of likely N-dealkylation sites (tertiary alicyclic amines) is 1. The number of carbonyl (C=O) groups excluding carboxylic acids is 2. The summed E-state index contributed by atoms with van der Waals surface area (Å²) in [6.45, 7) is 5.96. The second-order valence-corrected chi connectivity index (χ2v) is 9.44. The Bertz CT molecular complexity index is 873. The summed E-state index contributed by atoms with van der Waals surface area (Å²) < 4.78 is 4.93. The van der Waals surface area contributed by atoms with Crippen molar-refractivity contribution in [2.75, 3.05) is 13.7 Å². The fourth-order valence-electron chi connectivity index (χ4n) is 4.40. The maximum absolute atomic E-state index is 13.1. The summed E-state index contributed by atoms with van der Waals surface area (Å²) in [7, 11) is 1.27. The second-order valence-electron chi connectivity index (χ2n) is 9.03. The van der Waals surface area contributed by atoms with E-state index in [9.17, 15) is 19.5 Å². The molecule has 3 N–H and O–H groups in total. The van der Waals surface area contributed by atoms with E-state index >= 15 is 0 Å². The number of halogens is 2. The molecule has 31 heavy (non-hydrogen) atoms. The van der Waals surface area contributed by atoms with Crippen LogP contribution in [0.1, 0.15) is 44.4 Å². The molecule has 4 atom stereocenters. The van der Waals surface area contributed by atoms with Crippen LogP contribution in [0.4, 0.5) is 4.79 Å². The van der Waals surface area contributed by atoms with Gasteiger partial charge in [0.1, 0.15) is 6.04 Å². The smallest absolute Gasteiger partial charge is 0.408 e. The van der Waals surface area contributed by atoms with Crippen molar-refractivity contribution in [3.05, 3.63) is 34.3 Å². The first-order chi connectivity index (χ1) is 14.0. The number of benzene rings is 1. The number of amides is 2. The van der Waals surface area contributed by atoms with Gasteiger partial charge < -0.3 is 20.5 Å². The lowest BCUT2D eigenvalue weighted by molar-refractivity contribution is -0.152. The maximum atomic E-state index is 13.1. The van der Waals surface area contributed by atoms with Crippen molar-refractivity contribution in [1.82, 2.24) is 9.80 Å². The molecule has 10 heteroatoms. The van der Waals surface area contributed by atoms with E-state index in [0.717, 1.165) is 11.1 Å². The van der Waals surface area contributed by atoms with E-state index in [0.29, 0.717) is 5.02 Å². The number of hydrogen-bond acceptors (Lipinski definition) is 5. The SMILES string of the molecule is COC(=O)[C@@H]1C[C@@H](C2c3cccc(Cl)c3CN2C(=O)O)CN1C(=O)C(N)C(C)(C)C.Cl. The molecular weight excluding hydrogens is 445 g/mol. The fraction of sp³-hybridized carbons (Fsp3) is 0.571. The summed E-state index contributed by atoms with van der Waals surface area (Å²) in [4.78, 5) is 40.4. The van der Waals surface area contributed by atoms with Gasteiger partial charge in [-0.05, 0) is 29.0 Å². The summed E-state index contributed by atoms with van der Waals surface area (Å²) in [5, 5.41) is 10.3. The van der Waals surface area contributed by atoms with Crippen LogP contribution < -0.4 is 5.73 Å². The van der Waals surface area contributed by atoms with Crippen LogP contribution in [0.3, 0.4) is 0 Å². The number of methoxy groups -OCH3 is 1. The number of carboxylic acid groups (broad SMARTS) is 1. The molecule has 1 aromatic carbocycles. The van der Waals surface area contributed by atoms with Crippen molar-refractivity contribution < 1.29 is 24.2 Å². The first-order valence-electron chi connectivity index (χ1n) is 9.88. The summed E-state index contributed by atoms with van der Waals surface area (Å²) >= 11 is 6.31. The highest BCUT2D eigenvalue weighted by Gasteiger charge is 2.49. The first kappa shape index (κ1) is 25.2. The number of ether oxygens (including phenoxy) is 1. The van der Waals surface area contributed by atoms with Crippen LogP contribution in [0, 0.1) is 11.3 Å². The zero-order valence-electron chi connectivity index (χ0n) is 18.0. The molecule has 1 saturated heterocycles. The predicted octanol–water partition coefficient (Wildman–Crippen LogP) is 3.06. The van der Waals surface area contributed by atoms with Gasteiger partial charge in [0, 0.05) is 17.5 Å². The van der Waals surface area contributed by atoms with E-state index in [4.69, 9.17) is 22.1 Å². The Morgan fingerprint density at radius 2 is 1.90 bits per heavy atom. The molecular formula is C21H29Cl2N3O5. The minimum atomic E-state index is -1.07. The predicted molar refractivity (Wildman–Crippen MR) is 118 cm³/mol. The van der Waals surface area contributed by atoms with Gasteiger partial charge in [-0.25, -0.2) is 9.59 Å². The highest BCUT2D eigenvalue weighted by atomic mass is 35.5. The summed E-state index contributed by atoms with van der Waals surface area (Å²) in [5.41, 5.74) is 7.27. The molecule has 172 valence electrons. The maximum Gasteiger partial charge on any atom is 0.408 e. The molecule has 0 saturated carbocycles. The van der Waals surface area contributed by atoms with Crippen molar-refractivity contribution in [1.29, 1.82) is 0 Å². The van der Waals surface area contributed by atoms with Gasteiger partial charge in [0.25, 0.3) is 0 Å². The van der Waals surface area contributed by atoms with Gasteiger partial charge in [0.05, 0.1) is 25.7 Å². The van der Waals surface area contributed by atoms with E-state index in [1.165, 1.54) is 16.9 Å². The molecule has 0 radical (unpaired) electrons. The fourth-order valence-corrected chi connectivity index (χ4v) is 4.64. The Morgan fingerprint density at radius 3 is 2.45 bits per heavy atom. The van der Waals surface area contributed by atoms with Crippen molar-refractivity contribution >= 4 is 42.0 Å². The van der Waals surface area contributed by atoms with Crippen molar-refractivity contribution in [2.45, 2.75) is 51.9 Å². The number of nitrogens with zero attached hydrogens (tertiary/aromatic N) is 2. The zero-order valence-corrected chi connectivity index (χ0v) is 19.6. The van der Waals surface area contributed by atoms with Gasteiger partial charge in [-0.3, -0.25) is 9.69 Å². The monoisotopic (exact) mass is 473 g/mol. The Kier molecular flexibility index (Phi) is 7.51. The van der Waals surface area contributed by atoms with Crippen molar-refractivity contribution in [3.8, 4) is 0 Å². The Labute approximate surface area is 193 Å². The van der Waals surface area contributed by atoms with E-state index in [2.05, 4.69) is 0 Å². The quantitative estimate of drug-likeness (QED) is 0.652. The molecule has 2 amide bonds. The summed E-state index contributed by atoms with van der Waals surface area (Å²) in [5.74, 6) is -1.16. The normalized spacial score (nSPS) is 23.7. The summed E-state index contributed by atoms with van der Waals surface area (Å²) in [6.07, 6.45) is -0.784. The lowest BCUT2D eigenvalue weighted by Gasteiger charge is -2.32. The summed E-state index contributed by atoms with van der Waals surface area (Å²) in [6, 6.07) is 3.25. The third-order valence-electron chi connectivity index (χ3n) is 6.12.